The van der Waals surface area contributed by atoms with E-state index in [2.05, 4.69) is 5.32 Å². The number of aryl methyl sites for hydroxylation is 2. The first-order chi connectivity index (χ1) is 9.60. The van der Waals surface area contributed by atoms with E-state index in [1.54, 1.807) is 6.07 Å². The lowest BCUT2D eigenvalue weighted by Crippen LogP contribution is -2.11. The largest absolute Gasteiger partial charge is 0.454 e. The van der Waals surface area contributed by atoms with Crippen molar-refractivity contribution in [1.29, 1.82) is 0 Å². The van der Waals surface area contributed by atoms with Crippen LogP contribution in [0.2, 0.25) is 0 Å². The molecule has 2 aromatic carbocycles. The molecule has 0 aliphatic heterocycles. The monoisotopic (exact) mass is 273 g/mol. The molecule has 0 bridgehead atoms. The van der Waals surface area contributed by atoms with E-state index in [0.717, 1.165) is 23.2 Å². The molecule has 0 aliphatic carbocycles. The molecule has 0 heterocycles. The molecule has 106 valence electrons. The lowest BCUT2D eigenvalue weighted by Gasteiger charge is -2.11. The van der Waals surface area contributed by atoms with Gasteiger partial charge in [-0.15, -0.1) is 0 Å². The SMILES string of the molecule is CCNCc1ccc(Oc2cc(C)ccc2C)c(F)c1. The van der Waals surface area contributed by atoms with Gasteiger partial charge in [-0.25, -0.2) is 4.39 Å². The predicted octanol–water partition coefficient (Wildman–Crippen LogP) is 4.34. The van der Waals surface area contributed by atoms with Crippen molar-refractivity contribution in [2.24, 2.45) is 0 Å². The van der Waals surface area contributed by atoms with Gasteiger partial charge in [0.2, 0.25) is 0 Å². The van der Waals surface area contributed by atoms with Crippen LogP contribution >= 0.6 is 0 Å². The summed E-state index contributed by atoms with van der Waals surface area (Å²) in [7, 11) is 0. The van der Waals surface area contributed by atoms with Crippen molar-refractivity contribution in [2.75, 3.05) is 6.54 Å². The number of hydrogen-bond acceptors (Lipinski definition) is 2. The van der Waals surface area contributed by atoms with Crippen molar-refractivity contribution >= 4 is 0 Å². The highest BCUT2D eigenvalue weighted by atomic mass is 19.1. The summed E-state index contributed by atoms with van der Waals surface area (Å²) in [5.41, 5.74) is 3.00. The van der Waals surface area contributed by atoms with E-state index in [0.29, 0.717) is 12.3 Å². The molecule has 0 saturated heterocycles. The van der Waals surface area contributed by atoms with Gasteiger partial charge in [0, 0.05) is 6.54 Å². The molecule has 0 aromatic heterocycles. The van der Waals surface area contributed by atoms with Crippen molar-refractivity contribution in [2.45, 2.75) is 27.3 Å². The second-order valence-corrected chi connectivity index (χ2v) is 4.92. The number of hydrogen-bond donors (Lipinski definition) is 1. The Morgan fingerprint density at radius 2 is 1.85 bits per heavy atom. The van der Waals surface area contributed by atoms with E-state index in [1.165, 1.54) is 6.07 Å². The first kappa shape index (κ1) is 14.5. The van der Waals surface area contributed by atoms with Crippen LogP contribution in [0.5, 0.6) is 11.5 Å². The van der Waals surface area contributed by atoms with Crippen molar-refractivity contribution in [1.82, 2.24) is 5.32 Å². The van der Waals surface area contributed by atoms with Crippen molar-refractivity contribution < 1.29 is 9.13 Å². The van der Waals surface area contributed by atoms with Crippen molar-refractivity contribution in [3.05, 3.63) is 58.9 Å². The normalized spacial score (nSPS) is 10.6. The first-order valence-electron chi connectivity index (χ1n) is 6.84. The third-order valence-electron chi connectivity index (χ3n) is 3.14. The molecule has 0 unspecified atom stereocenters. The van der Waals surface area contributed by atoms with Gasteiger partial charge in [-0.1, -0.05) is 25.1 Å². The predicted molar refractivity (Wildman–Crippen MR) is 79.8 cm³/mol. The molecule has 2 aromatic rings. The lowest BCUT2D eigenvalue weighted by molar-refractivity contribution is 0.438. The van der Waals surface area contributed by atoms with E-state index in [1.807, 2.05) is 45.0 Å². The van der Waals surface area contributed by atoms with E-state index >= 15 is 0 Å². The lowest BCUT2D eigenvalue weighted by atomic mass is 10.1. The maximum absolute atomic E-state index is 14.0. The molecule has 20 heavy (non-hydrogen) atoms. The molecule has 0 aliphatic rings. The molecule has 0 radical (unpaired) electrons. The Hall–Kier alpha value is -1.87. The van der Waals surface area contributed by atoms with Gasteiger partial charge in [0.05, 0.1) is 0 Å². The molecular formula is C17H20FNO. The summed E-state index contributed by atoms with van der Waals surface area (Å²) in [6, 6.07) is 11.0. The van der Waals surface area contributed by atoms with Gasteiger partial charge >= 0.3 is 0 Å². The molecule has 2 nitrogen and oxygen atoms in total. The third kappa shape index (κ3) is 3.58. The Bertz CT molecular complexity index is 596. The zero-order valence-electron chi connectivity index (χ0n) is 12.2. The van der Waals surface area contributed by atoms with Gasteiger partial charge in [0.1, 0.15) is 5.75 Å². The Morgan fingerprint density at radius 3 is 2.55 bits per heavy atom. The van der Waals surface area contributed by atoms with Crippen LogP contribution in [-0.2, 0) is 6.54 Å². The Labute approximate surface area is 119 Å². The van der Waals surface area contributed by atoms with Gasteiger partial charge in [-0.05, 0) is 55.3 Å². The molecule has 0 spiro atoms. The highest BCUT2D eigenvalue weighted by Crippen LogP contribution is 2.28. The maximum atomic E-state index is 14.0. The standard InChI is InChI=1S/C17H20FNO/c1-4-19-11-14-7-8-16(15(18)10-14)20-17-9-12(2)5-6-13(17)3/h5-10,19H,4,11H2,1-3H3. The quantitative estimate of drug-likeness (QED) is 0.874. The van der Waals surface area contributed by atoms with Gasteiger partial charge in [0.15, 0.2) is 11.6 Å². The van der Waals surface area contributed by atoms with Gasteiger partial charge < -0.3 is 10.1 Å². The van der Waals surface area contributed by atoms with Crippen molar-refractivity contribution in [3.63, 3.8) is 0 Å². The topological polar surface area (TPSA) is 21.3 Å². The fraction of sp³-hybridized carbons (Fsp3) is 0.294. The van der Waals surface area contributed by atoms with E-state index in [-0.39, 0.29) is 11.6 Å². The second-order valence-electron chi connectivity index (χ2n) is 4.92. The summed E-state index contributed by atoms with van der Waals surface area (Å²) in [4.78, 5) is 0. The minimum Gasteiger partial charge on any atom is -0.454 e. The van der Waals surface area contributed by atoms with Crippen LogP contribution in [-0.4, -0.2) is 6.54 Å². The highest BCUT2D eigenvalue weighted by molar-refractivity contribution is 5.40. The Kier molecular flexibility index (Phi) is 4.74. The van der Waals surface area contributed by atoms with Crippen LogP contribution < -0.4 is 10.1 Å². The van der Waals surface area contributed by atoms with Crippen molar-refractivity contribution in [3.8, 4) is 11.5 Å². The first-order valence-corrected chi connectivity index (χ1v) is 6.84. The molecule has 1 N–H and O–H groups in total. The van der Waals surface area contributed by atoms with Gasteiger partial charge in [0.25, 0.3) is 0 Å². The fourth-order valence-electron chi connectivity index (χ4n) is 1.94. The minimum absolute atomic E-state index is 0.263. The zero-order chi connectivity index (χ0) is 14.5. The molecular weight excluding hydrogens is 253 g/mol. The number of rotatable bonds is 5. The van der Waals surface area contributed by atoms with Crippen LogP contribution in [0.4, 0.5) is 4.39 Å². The molecule has 0 amide bonds. The van der Waals surface area contributed by atoms with E-state index in [9.17, 15) is 4.39 Å². The molecule has 0 atom stereocenters. The average Bonchev–Trinajstić information content (AvgIpc) is 2.43. The summed E-state index contributed by atoms with van der Waals surface area (Å²) in [6.45, 7) is 7.49. The van der Waals surface area contributed by atoms with Crippen LogP contribution in [0.1, 0.15) is 23.6 Å². The van der Waals surface area contributed by atoms with Crippen LogP contribution in [0.15, 0.2) is 36.4 Å². The Morgan fingerprint density at radius 1 is 1.05 bits per heavy atom. The minimum atomic E-state index is -0.332. The fourth-order valence-corrected chi connectivity index (χ4v) is 1.94. The number of nitrogens with one attached hydrogen (secondary N) is 1. The van der Waals surface area contributed by atoms with Crippen LogP contribution in [0, 0.1) is 19.7 Å². The maximum Gasteiger partial charge on any atom is 0.166 e. The summed E-state index contributed by atoms with van der Waals surface area (Å²) < 4.78 is 19.7. The number of halogens is 1. The molecule has 3 heteroatoms. The molecule has 0 fully saturated rings. The molecule has 0 saturated carbocycles. The van der Waals surface area contributed by atoms with E-state index < -0.39 is 0 Å². The zero-order valence-corrected chi connectivity index (χ0v) is 12.2. The van der Waals surface area contributed by atoms with Crippen LogP contribution in [0.25, 0.3) is 0 Å². The number of benzene rings is 2. The summed E-state index contributed by atoms with van der Waals surface area (Å²) >= 11 is 0. The second kappa shape index (κ2) is 6.53. The Balaban J connectivity index is 2.19. The average molecular weight is 273 g/mol. The third-order valence-corrected chi connectivity index (χ3v) is 3.14. The highest BCUT2D eigenvalue weighted by Gasteiger charge is 2.08. The van der Waals surface area contributed by atoms with Gasteiger partial charge in [-0.3, -0.25) is 0 Å². The molecule has 2 rings (SSSR count). The summed E-state index contributed by atoms with van der Waals surface area (Å²) in [6.07, 6.45) is 0. The van der Waals surface area contributed by atoms with Crippen LogP contribution in [0.3, 0.4) is 0 Å². The van der Waals surface area contributed by atoms with Gasteiger partial charge in [-0.2, -0.15) is 0 Å². The summed E-state index contributed by atoms with van der Waals surface area (Å²) in [5, 5.41) is 3.17. The number of ether oxygens (including phenoxy) is 1. The van der Waals surface area contributed by atoms with E-state index in [4.69, 9.17) is 4.74 Å². The summed E-state index contributed by atoms with van der Waals surface area (Å²) in [5.74, 6) is 0.628. The smallest absolute Gasteiger partial charge is 0.166 e.